The molecule has 2 aromatic carbocycles. The van der Waals surface area contributed by atoms with Crippen LogP contribution in [0.25, 0.3) is 0 Å². The number of anilines is 1. The van der Waals surface area contributed by atoms with Crippen LogP contribution in [0.5, 0.6) is 0 Å². The first kappa shape index (κ1) is 17.2. The minimum absolute atomic E-state index is 0.0505. The predicted molar refractivity (Wildman–Crippen MR) is 91.4 cm³/mol. The van der Waals surface area contributed by atoms with E-state index in [2.05, 4.69) is 10.0 Å². The van der Waals surface area contributed by atoms with Crippen molar-refractivity contribution in [2.45, 2.75) is 26.1 Å². The Bertz CT molecular complexity index is 801. The van der Waals surface area contributed by atoms with E-state index >= 15 is 0 Å². The van der Waals surface area contributed by atoms with Crippen LogP contribution in [0.4, 0.5) is 5.69 Å². The highest BCUT2D eigenvalue weighted by molar-refractivity contribution is 7.88. The fourth-order valence-electron chi connectivity index (χ4n) is 2.18. The van der Waals surface area contributed by atoms with E-state index in [-0.39, 0.29) is 18.2 Å². The SMILES string of the molecule is CC(=O)Nc1cccc(CNS(=O)(=O)Cc2ccccc2C)c1. The summed E-state index contributed by atoms with van der Waals surface area (Å²) in [4.78, 5) is 11.1. The Morgan fingerprint density at radius 1 is 1.09 bits per heavy atom. The number of hydrogen-bond acceptors (Lipinski definition) is 3. The normalized spacial score (nSPS) is 11.2. The first-order valence-corrected chi connectivity index (χ1v) is 8.89. The highest BCUT2D eigenvalue weighted by Crippen LogP contribution is 2.13. The summed E-state index contributed by atoms with van der Waals surface area (Å²) in [5.41, 5.74) is 3.16. The lowest BCUT2D eigenvalue weighted by Crippen LogP contribution is -2.25. The zero-order valence-electron chi connectivity index (χ0n) is 13.2. The van der Waals surface area contributed by atoms with Gasteiger partial charge in [-0.1, -0.05) is 36.4 Å². The molecule has 2 rings (SSSR count). The molecule has 0 radical (unpaired) electrons. The molecule has 0 saturated carbocycles. The highest BCUT2D eigenvalue weighted by atomic mass is 32.2. The number of nitrogens with one attached hydrogen (secondary N) is 2. The van der Waals surface area contributed by atoms with E-state index < -0.39 is 10.0 Å². The number of carbonyl (C=O) groups is 1. The molecule has 0 spiro atoms. The van der Waals surface area contributed by atoms with E-state index in [1.807, 2.05) is 37.3 Å². The van der Waals surface area contributed by atoms with Crippen molar-refractivity contribution in [3.63, 3.8) is 0 Å². The van der Waals surface area contributed by atoms with Crippen molar-refractivity contribution in [2.24, 2.45) is 0 Å². The summed E-state index contributed by atoms with van der Waals surface area (Å²) in [6, 6.07) is 14.5. The van der Waals surface area contributed by atoms with Crippen LogP contribution in [0.3, 0.4) is 0 Å². The lowest BCUT2D eigenvalue weighted by atomic mass is 10.1. The molecular formula is C17H20N2O3S. The summed E-state index contributed by atoms with van der Waals surface area (Å²) in [6.07, 6.45) is 0. The van der Waals surface area contributed by atoms with Gasteiger partial charge in [-0.2, -0.15) is 0 Å². The minimum Gasteiger partial charge on any atom is -0.326 e. The second kappa shape index (κ2) is 7.39. The third kappa shape index (κ3) is 5.50. The van der Waals surface area contributed by atoms with Crippen molar-refractivity contribution in [3.8, 4) is 0 Å². The number of sulfonamides is 1. The molecule has 5 nitrogen and oxygen atoms in total. The van der Waals surface area contributed by atoms with Gasteiger partial charge in [-0.05, 0) is 35.7 Å². The van der Waals surface area contributed by atoms with Gasteiger partial charge in [0.2, 0.25) is 15.9 Å². The van der Waals surface area contributed by atoms with E-state index in [1.165, 1.54) is 6.92 Å². The molecule has 0 aliphatic carbocycles. The Balaban J connectivity index is 2.02. The van der Waals surface area contributed by atoms with Crippen LogP contribution in [0.15, 0.2) is 48.5 Å². The summed E-state index contributed by atoms with van der Waals surface area (Å²) in [7, 11) is -3.43. The van der Waals surface area contributed by atoms with Gasteiger partial charge >= 0.3 is 0 Å². The molecule has 0 heterocycles. The summed E-state index contributed by atoms with van der Waals surface area (Å²) < 4.78 is 27.0. The lowest BCUT2D eigenvalue weighted by molar-refractivity contribution is -0.114. The predicted octanol–water partition coefficient (Wildman–Crippen LogP) is 2.57. The third-order valence-corrected chi connectivity index (χ3v) is 4.63. The Morgan fingerprint density at radius 3 is 2.52 bits per heavy atom. The standard InChI is InChI=1S/C17H20N2O3S/c1-13-6-3-4-8-16(13)12-23(21,22)18-11-15-7-5-9-17(10-15)19-14(2)20/h3-10,18H,11-12H2,1-2H3,(H,19,20). The van der Waals surface area contributed by atoms with Gasteiger partial charge in [0.1, 0.15) is 0 Å². The van der Waals surface area contributed by atoms with Crippen molar-refractivity contribution in [2.75, 3.05) is 5.32 Å². The molecule has 0 unspecified atom stereocenters. The molecule has 0 fully saturated rings. The maximum absolute atomic E-state index is 12.2. The molecule has 0 aliphatic heterocycles. The molecule has 0 aliphatic rings. The fourth-order valence-corrected chi connectivity index (χ4v) is 3.41. The Morgan fingerprint density at radius 2 is 1.83 bits per heavy atom. The first-order chi connectivity index (χ1) is 10.9. The van der Waals surface area contributed by atoms with Crippen LogP contribution < -0.4 is 10.0 Å². The van der Waals surface area contributed by atoms with Crippen molar-refractivity contribution in [3.05, 3.63) is 65.2 Å². The van der Waals surface area contributed by atoms with Gasteiger partial charge in [-0.3, -0.25) is 4.79 Å². The second-order valence-corrected chi connectivity index (χ2v) is 7.20. The number of amides is 1. The van der Waals surface area contributed by atoms with Crippen LogP contribution in [-0.4, -0.2) is 14.3 Å². The maximum atomic E-state index is 12.2. The zero-order chi connectivity index (χ0) is 16.9. The van der Waals surface area contributed by atoms with Crippen LogP contribution >= 0.6 is 0 Å². The van der Waals surface area contributed by atoms with Crippen LogP contribution in [0.2, 0.25) is 0 Å². The molecule has 23 heavy (non-hydrogen) atoms. The average molecular weight is 332 g/mol. The molecule has 1 amide bonds. The van der Waals surface area contributed by atoms with E-state index in [4.69, 9.17) is 0 Å². The van der Waals surface area contributed by atoms with Crippen LogP contribution in [-0.2, 0) is 27.1 Å². The monoisotopic (exact) mass is 332 g/mol. The Labute approximate surface area is 136 Å². The first-order valence-electron chi connectivity index (χ1n) is 7.24. The van der Waals surface area contributed by atoms with Crippen LogP contribution in [0, 0.1) is 6.92 Å². The van der Waals surface area contributed by atoms with Crippen molar-refractivity contribution < 1.29 is 13.2 Å². The van der Waals surface area contributed by atoms with Gasteiger partial charge in [-0.25, -0.2) is 13.1 Å². The summed E-state index contributed by atoms with van der Waals surface area (Å²) >= 11 is 0. The molecular weight excluding hydrogens is 312 g/mol. The fraction of sp³-hybridized carbons (Fsp3) is 0.235. The topological polar surface area (TPSA) is 75.3 Å². The third-order valence-electron chi connectivity index (χ3n) is 3.35. The number of rotatable bonds is 6. The van der Waals surface area contributed by atoms with Gasteiger partial charge in [0, 0.05) is 19.2 Å². The summed E-state index contributed by atoms with van der Waals surface area (Å²) in [5.74, 6) is -0.215. The number of hydrogen-bond donors (Lipinski definition) is 2. The van der Waals surface area contributed by atoms with Crippen LogP contribution in [0.1, 0.15) is 23.6 Å². The smallest absolute Gasteiger partial charge is 0.221 e. The summed E-state index contributed by atoms with van der Waals surface area (Å²) in [5, 5.41) is 2.67. The minimum atomic E-state index is -3.43. The van der Waals surface area contributed by atoms with E-state index in [0.717, 1.165) is 16.7 Å². The Kier molecular flexibility index (Phi) is 5.52. The number of aryl methyl sites for hydroxylation is 1. The molecule has 0 saturated heterocycles. The molecule has 122 valence electrons. The molecule has 0 bridgehead atoms. The van der Waals surface area contributed by atoms with E-state index in [9.17, 15) is 13.2 Å². The number of carbonyl (C=O) groups excluding carboxylic acids is 1. The van der Waals surface area contributed by atoms with E-state index in [0.29, 0.717) is 5.69 Å². The molecule has 0 atom stereocenters. The number of benzene rings is 2. The lowest BCUT2D eigenvalue weighted by Gasteiger charge is -2.10. The largest absolute Gasteiger partial charge is 0.326 e. The van der Waals surface area contributed by atoms with Gasteiger partial charge < -0.3 is 5.32 Å². The zero-order valence-corrected chi connectivity index (χ0v) is 14.0. The Hall–Kier alpha value is -2.18. The molecule has 0 aromatic heterocycles. The second-order valence-electron chi connectivity index (χ2n) is 5.39. The van der Waals surface area contributed by atoms with Gasteiger partial charge in [0.25, 0.3) is 0 Å². The van der Waals surface area contributed by atoms with Crippen molar-refractivity contribution >= 4 is 21.6 Å². The summed E-state index contributed by atoms with van der Waals surface area (Å²) in [6.45, 7) is 3.50. The van der Waals surface area contributed by atoms with Crippen molar-refractivity contribution in [1.82, 2.24) is 4.72 Å². The molecule has 2 N–H and O–H groups in total. The molecule has 6 heteroatoms. The molecule has 2 aromatic rings. The highest BCUT2D eigenvalue weighted by Gasteiger charge is 2.12. The maximum Gasteiger partial charge on any atom is 0.221 e. The van der Waals surface area contributed by atoms with E-state index in [1.54, 1.807) is 18.2 Å². The van der Waals surface area contributed by atoms with Crippen molar-refractivity contribution in [1.29, 1.82) is 0 Å². The van der Waals surface area contributed by atoms with Gasteiger partial charge in [-0.15, -0.1) is 0 Å². The average Bonchev–Trinajstić information content (AvgIpc) is 2.47. The quantitative estimate of drug-likeness (QED) is 0.854. The van der Waals surface area contributed by atoms with Gasteiger partial charge in [0.15, 0.2) is 0 Å². The van der Waals surface area contributed by atoms with Gasteiger partial charge in [0.05, 0.1) is 5.75 Å².